The van der Waals surface area contributed by atoms with Crippen molar-refractivity contribution in [2.24, 2.45) is 5.10 Å². The molecule has 1 heterocycles. The quantitative estimate of drug-likeness (QED) is 0.182. The van der Waals surface area contributed by atoms with E-state index >= 15 is 0 Å². The molecule has 0 spiro atoms. The van der Waals surface area contributed by atoms with E-state index in [0.717, 1.165) is 25.5 Å². The molecule has 0 unspecified atom stereocenters. The molecular formula is C29H23Br2N3O3. The van der Waals surface area contributed by atoms with E-state index in [1.54, 1.807) is 19.4 Å². The molecule has 0 aliphatic carbocycles. The lowest BCUT2D eigenvalue weighted by atomic mass is 10.1. The van der Waals surface area contributed by atoms with Gasteiger partial charge in [-0.3, -0.25) is 4.79 Å². The first-order chi connectivity index (χ1) is 18.0. The highest BCUT2D eigenvalue weighted by Gasteiger charge is 2.14. The minimum atomic E-state index is -0.222. The van der Waals surface area contributed by atoms with Crippen molar-refractivity contribution in [1.82, 2.24) is 9.66 Å². The van der Waals surface area contributed by atoms with Gasteiger partial charge in [0.1, 0.15) is 12.4 Å². The second kappa shape index (κ2) is 10.9. The standard InChI is InChI=1S/C29H23Br2N3O3/c1-3-27-33-25-12-11-21(30)15-23(25)29(35)34(27)32-16-18-13-24(31)28(26(14-18)36-2)37-17-20-9-6-8-19-7-4-5-10-22(19)20/h4-16H,3,17H2,1-2H3. The highest BCUT2D eigenvalue weighted by molar-refractivity contribution is 9.10. The first kappa shape index (κ1) is 25.2. The van der Waals surface area contributed by atoms with E-state index in [0.29, 0.717) is 41.3 Å². The zero-order valence-corrected chi connectivity index (χ0v) is 23.4. The van der Waals surface area contributed by atoms with Gasteiger partial charge < -0.3 is 9.47 Å². The summed E-state index contributed by atoms with van der Waals surface area (Å²) in [5.74, 6) is 1.73. The lowest BCUT2D eigenvalue weighted by Crippen LogP contribution is -2.22. The third-order valence-electron chi connectivity index (χ3n) is 6.02. The summed E-state index contributed by atoms with van der Waals surface area (Å²) >= 11 is 7.05. The summed E-state index contributed by atoms with van der Waals surface area (Å²) in [5.41, 5.74) is 2.25. The fourth-order valence-electron chi connectivity index (χ4n) is 4.19. The largest absolute Gasteiger partial charge is 0.493 e. The molecule has 1 aromatic heterocycles. The van der Waals surface area contributed by atoms with Crippen LogP contribution in [0.15, 0.2) is 91.6 Å². The van der Waals surface area contributed by atoms with Gasteiger partial charge in [0.15, 0.2) is 11.5 Å². The van der Waals surface area contributed by atoms with Gasteiger partial charge in [0.25, 0.3) is 5.56 Å². The Kier molecular flexibility index (Phi) is 7.39. The van der Waals surface area contributed by atoms with Crippen LogP contribution in [0.1, 0.15) is 23.9 Å². The molecule has 186 valence electrons. The van der Waals surface area contributed by atoms with Crippen molar-refractivity contribution in [1.29, 1.82) is 0 Å². The molecule has 37 heavy (non-hydrogen) atoms. The minimum absolute atomic E-state index is 0.222. The van der Waals surface area contributed by atoms with Crippen molar-refractivity contribution in [2.75, 3.05) is 7.11 Å². The van der Waals surface area contributed by atoms with Crippen LogP contribution >= 0.6 is 31.9 Å². The van der Waals surface area contributed by atoms with Gasteiger partial charge in [0.2, 0.25) is 0 Å². The van der Waals surface area contributed by atoms with Crippen molar-refractivity contribution in [3.05, 3.63) is 109 Å². The second-order valence-electron chi connectivity index (χ2n) is 8.37. The zero-order valence-electron chi connectivity index (χ0n) is 20.2. The highest BCUT2D eigenvalue weighted by atomic mass is 79.9. The van der Waals surface area contributed by atoms with Crippen LogP contribution in [0.4, 0.5) is 0 Å². The lowest BCUT2D eigenvalue weighted by Gasteiger charge is -2.14. The van der Waals surface area contributed by atoms with Gasteiger partial charge >= 0.3 is 0 Å². The molecule has 0 aliphatic rings. The van der Waals surface area contributed by atoms with Crippen molar-refractivity contribution in [2.45, 2.75) is 20.0 Å². The Labute approximate surface area is 230 Å². The number of benzene rings is 4. The summed E-state index contributed by atoms with van der Waals surface area (Å²) in [6.07, 6.45) is 2.18. The van der Waals surface area contributed by atoms with Gasteiger partial charge in [-0.2, -0.15) is 9.78 Å². The Morgan fingerprint density at radius 2 is 1.81 bits per heavy atom. The molecule has 0 fully saturated rings. The molecule has 0 N–H and O–H groups in total. The summed E-state index contributed by atoms with van der Waals surface area (Å²) in [4.78, 5) is 17.8. The van der Waals surface area contributed by atoms with E-state index in [2.05, 4.69) is 66.2 Å². The molecule has 8 heteroatoms. The van der Waals surface area contributed by atoms with Crippen molar-refractivity contribution in [3.63, 3.8) is 0 Å². The van der Waals surface area contributed by atoms with Crippen molar-refractivity contribution >= 4 is 59.7 Å². The Morgan fingerprint density at radius 3 is 2.62 bits per heavy atom. The number of fused-ring (bicyclic) bond motifs is 2. The normalized spacial score (nSPS) is 11.5. The minimum Gasteiger partial charge on any atom is -0.493 e. The predicted molar refractivity (Wildman–Crippen MR) is 155 cm³/mol. The van der Waals surface area contributed by atoms with Crippen LogP contribution in [0.2, 0.25) is 0 Å². The van der Waals surface area contributed by atoms with Gasteiger partial charge in [-0.1, -0.05) is 65.3 Å². The first-order valence-corrected chi connectivity index (χ1v) is 13.3. The molecule has 5 rings (SSSR count). The molecule has 0 radical (unpaired) electrons. The number of rotatable bonds is 7. The topological polar surface area (TPSA) is 65.7 Å². The number of methoxy groups -OCH3 is 1. The zero-order chi connectivity index (χ0) is 25.9. The first-order valence-electron chi connectivity index (χ1n) is 11.7. The number of ether oxygens (including phenoxy) is 2. The van der Waals surface area contributed by atoms with Crippen LogP contribution < -0.4 is 15.0 Å². The van der Waals surface area contributed by atoms with E-state index < -0.39 is 0 Å². The molecule has 0 atom stereocenters. The van der Waals surface area contributed by atoms with Gasteiger partial charge in [0, 0.05) is 10.9 Å². The van der Waals surface area contributed by atoms with Gasteiger partial charge in [-0.25, -0.2) is 4.98 Å². The maximum atomic E-state index is 13.2. The molecule has 6 nitrogen and oxygen atoms in total. The Morgan fingerprint density at radius 1 is 1.00 bits per heavy atom. The molecule has 0 amide bonds. The summed E-state index contributed by atoms with van der Waals surface area (Å²) in [6, 6.07) is 23.6. The maximum Gasteiger partial charge on any atom is 0.282 e. The third kappa shape index (κ3) is 5.17. The molecule has 0 saturated carbocycles. The Bertz CT molecular complexity index is 1710. The van der Waals surface area contributed by atoms with Crippen LogP contribution in [0.3, 0.4) is 0 Å². The molecule has 0 aliphatic heterocycles. The average molecular weight is 621 g/mol. The summed E-state index contributed by atoms with van der Waals surface area (Å²) < 4.78 is 14.7. The molecule has 4 aromatic carbocycles. The smallest absolute Gasteiger partial charge is 0.282 e. The molecule has 5 aromatic rings. The fourth-order valence-corrected chi connectivity index (χ4v) is 5.13. The summed E-state index contributed by atoms with van der Waals surface area (Å²) in [7, 11) is 1.60. The number of aromatic nitrogens is 2. The number of nitrogens with zero attached hydrogens (tertiary/aromatic N) is 3. The van der Waals surface area contributed by atoms with E-state index in [-0.39, 0.29) is 5.56 Å². The van der Waals surface area contributed by atoms with Crippen LogP contribution in [-0.4, -0.2) is 23.0 Å². The van der Waals surface area contributed by atoms with E-state index in [9.17, 15) is 4.79 Å². The highest BCUT2D eigenvalue weighted by Crippen LogP contribution is 2.37. The molecular weight excluding hydrogens is 598 g/mol. The summed E-state index contributed by atoms with van der Waals surface area (Å²) in [5, 5.41) is 7.30. The Balaban J connectivity index is 1.46. The van der Waals surface area contributed by atoms with Crippen LogP contribution in [0, 0.1) is 0 Å². The molecule has 0 saturated heterocycles. The van der Waals surface area contributed by atoms with Gasteiger partial charge in [-0.15, -0.1) is 0 Å². The van der Waals surface area contributed by atoms with Crippen LogP contribution in [0.25, 0.3) is 21.7 Å². The van der Waals surface area contributed by atoms with E-state index in [1.807, 2.05) is 49.4 Å². The number of hydrogen-bond donors (Lipinski definition) is 0. The van der Waals surface area contributed by atoms with Gasteiger partial charge in [0.05, 0.1) is 28.7 Å². The van der Waals surface area contributed by atoms with Crippen LogP contribution in [-0.2, 0) is 13.0 Å². The SMILES string of the molecule is CCc1nc2ccc(Br)cc2c(=O)n1N=Cc1cc(Br)c(OCc2cccc3ccccc23)c(OC)c1. The number of halogens is 2. The maximum absolute atomic E-state index is 13.2. The lowest BCUT2D eigenvalue weighted by molar-refractivity contribution is 0.283. The summed E-state index contributed by atoms with van der Waals surface area (Å²) in [6.45, 7) is 2.33. The van der Waals surface area contributed by atoms with E-state index in [1.165, 1.54) is 10.1 Å². The van der Waals surface area contributed by atoms with Crippen molar-refractivity contribution in [3.8, 4) is 11.5 Å². The predicted octanol–water partition coefficient (Wildman–Crippen LogP) is 7.11. The van der Waals surface area contributed by atoms with Crippen LogP contribution in [0.5, 0.6) is 11.5 Å². The molecule has 0 bridgehead atoms. The number of hydrogen-bond acceptors (Lipinski definition) is 5. The fraction of sp³-hybridized carbons (Fsp3) is 0.138. The van der Waals surface area contributed by atoms with Gasteiger partial charge in [-0.05, 0) is 68.2 Å². The van der Waals surface area contributed by atoms with E-state index in [4.69, 9.17) is 9.47 Å². The Hall–Kier alpha value is -3.49. The monoisotopic (exact) mass is 619 g/mol. The average Bonchev–Trinajstić information content (AvgIpc) is 2.91. The number of aryl methyl sites for hydroxylation is 1. The third-order valence-corrected chi connectivity index (χ3v) is 7.10. The van der Waals surface area contributed by atoms with Crippen molar-refractivity contribution < 1.29 is 9.47 Å². The second-order valence-corrected chi connectivity index (χ2v) is 10.1.